The van der Waals surface area contributed by atoms with E-state index in [0.29, 0.717) is 5.56 Å². The molecule has 1 unspecified atom stereocenters. The van der Waals surface area contributed by atoms with Crippen molar-refractivity contribution >= 4 is 17.5 Å². The van der Waals surface area contributed by atoms with Gasteiger partial charge in [-0.3, -0.25) is 4.79 Å². The molecule has 4 nitrogen and oxygen atoms in total. The maximum atomic E-state index is 12.0. The van der Waals surface area contributed by atoms with Gasteiger partial charge in [-0.25, -0.2) is 4.79 Å². The zero-order chi connectivity index (χ0) is 16.1. The molecule has 0 heterocycles. The summed E-state index contributed by atoms with van der Waals surface area (Å²) in [5.74, 6) is 0.0122. The van der Waals surface area contributed by atoms with Crippen molar-refractivity contribution in [2.24, 2.45) is 0 Å². The molecule has 0 spiro atoms. The Kier molecular flexibility index (Phi) is 4.94. The SMILES string of the molecule is CC(=O)c1cccc(C(C)NC(=O)Nc2ccc(C)cc2)c1. The molecule has 2 aromatic rings. The molecule has 22 heavy (non-hydrogen) atoms. The number of nitrogens with one attached hydrogen (secondary N) is 2. The van der Waals surface area contributed by atoms with Crippen LogP contribution in [0.3, 0.4) is 0 Å². The van der Waals surface area contributed by atoms with E-state index in [0.717, 1.165) is 16.8 Å². The number of ketones is 1. The van der Waals surface area contributed by atoms with Crippen molar-refractivity contribution in [3.8, 4) is 0 Å². The van der Waals surface area contributed by atoms with Gasteiger partial charge in [0.05, 0.1) is 6.04 Å². The van der Waals surface area contributed by atoms with Gasteiger partial charge in [0, 0.05) is 11.3 Å². The number of carbonyl (C=O) groups is 2. The summed E-state index contributed by atoms with van der Waals surface area (Å²) in [7, 11) is 0. The van der Waals surface area contributed by atoms with Gasteiger partial charge < -0.3 is 10.6 Å². The van der Waals surface area contributed by atoms with Gasteiger partial charge in [0.2, 0.25) is 0 Å². The summed E-state index contributed by atoms with van der Waals surface area (Å²) in [6, 6.07) is 14.4. The monoisotopic (exact) mass is 296 g/mol. The number of benzene rings is 2. The first-order valence-corrected chi connectivity index (χ1v) is 7.21. The van der Waals surface area contributed by atoms with E-state index in [1.165, 1.54) is 6.92 Å². The van der Waals surface area contributed by atoms with Crippen molar-refractivity contribution in [1.82, 2.24) is 5.32 Å². The first-order valence-electron chi connectivity index (χ1n) is 7.21. The van der Waals surface area contributed by atoms with E-state index in [2.05, 4.69) is 10.6 Å². The van der Waals surface area contributed by atoms with E-state index in [1.807, 2.05) is 50.2 Å². The van der Waals surface area contributed by atoms with Crippen LogP contribution in [0.25, 0.3) is 0 Å². The smallest absolute Gasteiger partial charge is 0.319 e. The quantitative estimate of drug-likeness (QED) is 0.835. The molecule has 0 radical (unpaired) electrons. The molecule has 1 atom stereocenters. The maximum Gasteiger partial charge on any atom is 0.319 e. The average molecular weight is 296 g/mol. The van der Waals surface area contributed by atoms with Crippen molar-refractivity contribution in [2.75, 3.05) is 5.32 Å². The van der Waals surface area contributed by atoms with Crippen LogP contribution in [0.4, 0.5) is 10.5 Å². The van der Waals surface area contributed by atoms with Gasteiger partial charge in [-0.05, 0) is 44.5 Å². The summed E-state index contributed by atoms with van der Waals surface area (Å²) in [6.07, 6.45) is 0. The zero-order valence-electron chi connectivity index (χ0n) is 13.0. The fourth-order valence-corrected chi connectivity index (χ4v) is 2.11. The summed E-state index contributed by atoms with van der Waals surface area (Å²) >= 11 is 0. The minimum Gasteiger partial charge on any atom is -0.331 e. The third kappa shape index (κ3) is 4.19. The molecule has 2 rings (SSSR count). The van der Waals surface area contributed by atoms with Crippen LogP contribution in [-0.2, 0) is 0 Å². The maximum absolute atomic E-state index is 12.0. The van der Waals surface area contributed by atoms with Crippen LogP contribution in [0.2, 0.25) is 0 Å². The highest BCUT2D eigenvalue weighted by Gasteiger charge is 2.11. The second-order valence-electron chi connectivity index (χ2n) is 5.37. The van der Waals surface area contributed by atoms with E-state index < -0.39 is 0 Å². The second-order valence-corrected chi connectivity index (χ2v) is 5.37. The summed E-state index contributed by atoms with van der Waals surface area (Å²) in [6.45, 7) is 5.41. The lowest BCUT2D eigenvalue weighted by atomic mass is 10.0. The predicted octanol–water partition coefficient (Wildman–Crippen LogP) is 4.08. The molecule has 114 valence electrons. The molecule has 2 N–H and O–H groups in total. The fraction of sp³-hybridized carbons (Fsp3) is 0.222. The third-order valence-corrected chi connectivity index (χ3v) is 3.45. The van der Waals surface area contributed by atoms with Crippen LogP contribution in [0, 0.1) is 6.92 Å². The second kappa shape index (κ2) is 6.89. The Labute approximate surface area is 130 Å². The number of anilines is 1. The van der Waals surface area contributed by atoms with Gasteiger partial charge >= 0.3 is 6.03 Å². The van der Waals surface area contributed by atoms with E-state index in [9.17, 15) is 9.59 Å². The highest BCUT2D eigenvalue weighted by atomic mass is 16.2. The van der Waals surface area contributed by atoms with Crippen LogP contribution < -0.4 is 10.6 Å². The van der Waals surface area contributed by atoms with E-state index in [-0.39, 0.29) is 17.9 Å². The summed E-state index contributed by atoms with van der Waals surface area (Å²) < 4.78 is 0. The van der Waals surface area contributed by atoms with E-state index >= 15 is 0 Å². The van der Waals surface area contributed by atoms with Crippen molar-refractivity contribution < 1.29 is 9.59 Å². The van der Waals surface area contributed by atoms with E-state index in [4.69, 9.17) is 0 Å². The molecule has 0 saturated carbocycles. The molecule has 0 aliphatic rings. The molecule has 0 aliphatic heterocycles. The fourth-order valence-electron chi connectivity index (χ4n) is 2.11. The van der Waals surface area contributed by atoms with Crippen molar-refractivity contribution in [2.45, 2.75) is 26.8 Å². The Morgan fingerprint density at radius 1 is 1.05 bits per heavy atom. The minimum atomic E-state index is -0.274. The number of hydrogen-bond donors (Lipinski definition) is 2. The molecule has 0 aromatic heterocycles. The molecule has 0 aliphatic carbocycles. The first-order chi connectivity index (χ1) is 10.5. The molecule has 2 aromatic carbocycles. The Balaban J connectivity index is 2.00. The predicted molar refractivity (Wildman–Crippen MR) is 88.2 cm³/mol. The molecule has 0 fully saturated rings. The van der Waals surface area contributed by atoms with Gasteiger partial charge in [0.1, 0.15) is 0 Å². The van der Waals surface area contributed by atoms with Crippen LogP contribution >= 0.6 is 0 Å². The van der Waals surface area contributed by atoms with Gasteiger partial charge in [0.15, 0.2) is 5.78 Å². The molecule has 0 saturated heterocycles. The number of hydrogen-bond acceptors (Lipinski definition) is 2. The molecule has 2 amide bonds. The van der Waals surface area contributed by atoms with Gasteiger partial charge in [-0.15, -0.1) is 0 Å². The topological polar surface area (TPSA) is 58.2 Å². The van der Waals surface area contributed by atoms with Crippen molar-refractivity contribution in [1.29, 1.82) is 0 Å². The number of amides is 2. The van der Waals surface area contributed by atoms with Crippen LogP contribution in [0.1, 0.15) is 41.4 Å². The Bertz CT molecular complexity index is 678. The van der Waals surface area contributed by atoms with Crippen molar-refractivity contribution in [3.63, 3.8) is 0 Å². The number of carbonyl (C=O) groups excluding carboxylic acids is 2. The van der Waals surface area contributed by atoms with Crippen molar-refractivity contribution in [3.05, 3.63) is 65.2 Å². The van der Waals surface area contributed by atoms with Gasteiger partial charge in [-0.1, -0.05) is 35.9 Å². The Morgan fingerprint density at radius 3 is 2.36 bits per heavy atom. The lowest BCUT2D eigenvalue weighted by Crippen LogP contribution is -2.31. The molecule has 0 bridgehead atoms. The highest BCUT2D eigenvalue weighted by Crippen LogP contribution is 2.15. The van der Waals surface area contributed by atoms with E-state index in [1.54, 1.807) is 12.1 Å². The Hall–Kier alpha value is -2.62. The number of aryl methyl sites for hydroxylation is 1. The molecular formula is C18H20N2O2. The number of urea groups is 1. The Morgan fingerprint density at radius 2 is 1.73 bits per heavy atom. The first kappa shape index (κ1) is 15.8. The standard InChI is InChI=1S/C18H20N2O2/c1-12-7-9-17(10-8-12)20-18(22)19-13(2)15-5-4-6-16(11-15)14(3)21/h4-11,13H,1-3H3,(H2,19,20,22). The summed E-state index contributed by atoms with van der Waals surface area (Å²) in [5, 5.41) is 5.65. The average Bonchev–Trinajstić information content (AvgIpc) is 2.49. The van der Waals surface area contributed by atoms with Crippen LogP contribution in [0.5, 0.6) is 0 Å². The summed E-state index contributed by atoms with van der Waals surface area (Å²) in [4.78, 5) is 23.4. The minimum absolute atomic E-state index is 0.0122. The van der Waals surface area contributed by atoms with Crippen LogP contribution in [-0.4, -0.2) is 11.8 Å². The molecule has 4 heteroatoms. The lowest BCUT2D eigenvalue weighted by Gasteiger charge is -2.16. The number of rotatable bonds is 4. The normalized spacial score (nSPS) is 11.6. The van der Waals surface area contributed by atoms with Gasteiger partial charge in [-0.2, -0.15) is 0 Å². The van der Waals surface area contributed by atoms with Gasteiger partial charge in [0.25, 0.3) is 0 Å². The third-order valence-electron chi connectivity index (χ3n) is 3.45. The zero-order valence-corrected chi connectivity index (χ0v) is 13.0. The lowest BCUT2D eigenvalue weighted by molar-refractivity contribution is 0.101. The largest absolute Gasteiger partial charge is 0.331 e. The number of Topliss-reactive ketones (excluding diaryl/α,β-unsaturated/α-hetero) is 1. The summed E-state index contributed by atoms with van der Waals surface area (Å²) in [5.41, 5.74) is 3.42. The molecular weight excluding hydrogens is 276 g/mol. The van der Waals surface area contributed by atoms with Crippen LogP contribution in [0.15, 0.2) is 48.5 Å². The highest BCUT2D eigenvalue weighted by molar-refractivity contribution is 5.94.